The number of aliphatic hydroxyl groups excluding tert-OH is 1. The van der Waals surface area contributed by atoms with E-state index in [9.17, 15) is 10.2 Å². The van der Waals surface area contributed by atoms with Crippen molar-refractivity contribution in [1.82, 2.24) is 0 Å². The van der Waals surface area contributed by atoms with Crippen LogP contribution < -0.4 is 0 Å². The van der Waals surface area contributed by atoms with Gasteiger partial charge >= 0.3 is 0 Å². The summed E-state index contributed by atoms with van der Waals surface area (Å²) in [6, 6.07) is 9.52. The van der Waals surface area contributed by atoms with Gasteiger partial charge in [-0.15, -0.1) is 0 Å². The Labute approximate surface area is 132 Å². The van der Waals surface area contributed by atoms with E-state index in [4.69, 9.17) is 0 Å². The summed E-state index contributed by atoms with van der Waals surface area (Å²) in [5.74, 6) is 0.503. The van der Waals surface area contributed by atoms with Gasteiger partial charge in [-0.3, -0.25) is 4.99 Å². The quantitative estimate of drug-likeness (QED) is 0.627. The monoisotopic (exact) mass is 383 g/mol. The fourth-order valence-corrected chi connectivity index (χ4v) is 2.85. The highest BCUT2D eigenvalue weighted by Crippen LogP contribution is 2.31. The van der Waals surface area contributed by atoms with Gasteiger partial charge in [0.25, 0.3) is 0 Å². The van der Waals surface area contributed by atoms with Gasteiger partial charge in [-0.25, -0.2) is 0 Å². The molecule has 0 fully saturated rings. The molecule has 0 spiro atoms. The number of phenols is 1. The van der Waals surface area contributed by atoms with Gasteiger partial charge in [-0.2, -0.15) is 0 Å². The number of hydrogen-bond acceptors (Lipinski definition) is 3. The summed E-state index contributed by atoms with van der Waals surface area (Å²) in [4.78, 5) is 4.38. The second kappa shape index (κ2) is 6.54. The highest BCUT2D eigenvalue weighted by molar-refractivity contribution is 14.1. The van der Waals surface area contributed by atoms with Crippen molar-refractivity contribution in [2.45, 2.75) is 19.9 Å². The maximum atomic E-state index is 10.3. The van der Waals surface area contributed by atoms with Crippen LogP contribution in [0.25, 0.3) is 10.8 Å². The van der Waals surface area contributed by atoms with Gasteiger partial charge in [-0.05, 0) is 40.0 Å². The van der Waals surface area contributed by atoms with Crippen LogP contribution in [0.3, 0.4) is 0 Å². The Kier molecular flexibility index (Phi) is 4.99. The van der Waals surface area contributed by atoms with E-state index < -0.39 is 0 Å². The molecule has 2 aromatic rings. The van der Waals surface area contributed by atoms with Crippen LogP contribution in [0.4, 0.5) is 0 Å². The lowest BCUT2D eigenvalue weighted by molar-refractivity contribution is 0.240. The van der Waals surface area contributed by atoms with E-state index in [1.807, 2.05) is 44.2 Å². The minimum absolute atomic E-state index is 0.0135. The first-order valence-electron chi connectivity index (χ1n) is 6.58. The molecule has 0 saturated carbocycles. The Balaban J connectivity index is 2.45. The van der Waals surface area contributed by atoms with E-state index in [0.29, 0.717) is 5.56 Å². The van der Waals surface area contributed by atoms with Gasteiger partial charge < -0.3 is 10.2 Å². The molecule has 0 bridgehead atoms. The maximum absolute atomic E-state index is 10.3. The third-order valence-electron chi connectivity index (χ3n) is 3.36. The number of phenolic OH excluding ortho intramolecular Hbond substituents is 1. The van der Waals surface area contributed by atoms with E-state index in [1.165, 1.54) is 0 Å². The normalized spacial score (nSPS) is 13.4. The number of aromatic hydroxyl groups is 1. The molecule has 4 heteroatoms. The van der Waals surface area contributed by atoms with E-state index in [0.717, 1.165) is 14.3 Å². The summed E-state index contributed by atoms with van der Waals surface area (Å²) in [6.07, 6.45) is 1.66. The molecular formula is C16H18INO2. The average Bonchev–Trinajstić information content (AvgIpc) is 2.44. The standard InChI is InChI=1S/C16H18INO2/c1-10(2)15(9-19)18-8-11-7-14(17)12-5-3-4-6-13(12)16(11)20/h3-8,10,15,19-20H,9H2,1-2H3/t15-/m1/s1. The lowest BCUT2D eigenvalue weighted by Gasteiger charge is -2.13. The lowest BCUT2D eigenvalue weighted by Crippen LogP contribution is -2.17. The number of rotatable bonds is 4. The van der Waals surface area contributed by atoms with Crippen LogP contribution >= 0.6 is 22.6 Å². The molecule has 2 rings (SSSR count). The first kappa shape index (κ1) is 15.3. The van der Waals surface area contributed by atoms with Crippen molar-refractivity contribution in [2.24, 2.45) is 10.9 Å². The van der Waals surface area contributed by atoms with Gasteiger partial charge in [0.2, 0.25) is 0 Å². The molecule has 0 aliphatic rings. The SMILES string of the molecule is CC(C)[C@@H](CO)N=Cc1cc(I)c2ccccc2c1O. The number of nitrogens with zero attached hydrogens (tertiary/aromatic N) is 1. The minimum Gasteiger partial charge on any atom is -0.507 e. The van der Waals surface area contributed by atoms with Gasteiger partial charge in [-0.1, -0.05) is 38.1 Å². The molecule has 0 aliphatic carbocycles. The van der Waals surface area contributed by atoms with Crippen LogP contribution in [0.1, 0.15) is 19.4 Å². The number of hydrogen-bond donors (Lipinski definition) is 2. The van der Waals surface area contributed by atoms with Gasteiger partial charge in [0.1, 0.15) is 5.75 Å². The molecule has 2 aromatic carbocycles. The van der Waals surface area contributed by atoms with Crippen molar-refractivity contribution in [1.29, 1.82) is 0 Å². The molecule has 0 heterocycles. The molecule has 0 unspecified atom stereocenters. The number of aliphatic imine (C=N–C) groups is 1. The molecule has 2 N–H and O–H groups in total. The Hall–Kier alpha value is -1.14. The number of aliphatic hydroxyl groups is 1. The second-order valence-corrected chi connectivity index (χ2v) is 6.28. The first-order valence-corrected chi connectivity index (χ1v) is 7.66. The van der Waals surface area contributed by atoms with Crippen molar-refractivity contribution in [2.75, 3.05) is 6.61 Å². The Morgan fingerprint density at radius 3 is 2.50 bits per heavy atom. The maximum Gasteiger partial charge on any atom is 0.132 e. The average molecular weight is 383 g/mol. The zero-order valence-corrected chi connectivity index (χ0v) is 13.7. The van der Waals surface area contributed by atoms with Crippen molar-refractivity contribution < 1.29 is 10.2 Å². The fraction of sp³-hybridized carbons (Fsp3) is 0.312. The highest BCUT2D eigenvalue weighted by atomic mass is 127. The molecule has 3 nitrogen and oxygen atoms in total. The zero-order chi connectivity index (χ0) is 14.7. The Bertz CT molecular complexity index is 638. The van der Waals surface area contributed by atoms with Gasteiger partial charge in [0, 0.05) is 20.7 Å². The van der Waals surface area contributed by atoms with Crippen LogP contribution in [-0.2, 0) is 0 Å². The summed E-state index contributed by atoms with van der Waals surface area (Å²) in [7, 11) is 0. The number of fused-ring (bicyclic) bond motifs is 1. The zero-order valence-electron chi connectivity index (χ0n) is 11.5. The molecule has 0 aliphatic heterocycles. The third kappa shape index (κ3) is 3.12. The molecule has 0 saturated heterocycles. The van der Waals surface area contributed by atoms with Crippen molar-refractivity contribution >= 4 is 39.6 Å². The largest absolute Gasteiger partial charge is 0.507 e. The summed E-state index contributed by atoms with van der Waals surface area (Å²) in [6.45, 7) is 4.05. The molecule has 0 aromatic heterocycles. The Morgan fingerprint density at radius 2 is 1.90 bits per heavy atom. The van der Waals surface area contributed by atoms with E-state index in [1.54, 1.807) is 6.21 Å². The van der Waals surface area contributed by atoms with E-state index in [2.05, 4.69) is 27.6 Å². The first-order chi connectivity index (χ1) is 9.54. The smallest absolute Gasteiger partial charge is 0.132 e. The van der Waals surface area contributed by atoms with Crippen LogP contribution in [-0.4, -0.2) is 29.1 Å². The van der Waals surface area contributed by atoms with Crippen LogP contribution in [0, 0.1) is 9.49 Å². The summed E-state index contributed by atoms with van der Waals surface area (Å²) in [5.41, 5.74) is 0.687. The second-order valence-electron chi connectivity index (χ2n) is 5.11. The molecule has 1 atom stereocenters. The topological polar surface area (TPSA) is 52.8 Å². The van der Waals surface area contributed by atoms with Gasteiger partial charge in [0.05, 0.1) is 12.6 Å². The molecular weight excluding hydrogens is 365 g/mol. The molecule has 0 radical (unpaired) electrons. The highest BCUT2D eigenvalue weighted by Gasteiger charge is 2.11. The van der Waals surface area contributed by atoms with Gasteiger partial charge in [0.15, 0.2) is 0 Å². The predicted molar refractivity (Wildman–Crippen MR) is 91.6 cm³/mol. The predicted octanol–water partition coefficient (Wildman–Crippen LogP) is 3.59. The summed E-state index contributed by atoms with van der Waals surface area (Å²) < 4.78 is 1.07. The van der Waals surface area contributed by atoms with Crippen LogP contribution in [0.2, 0.25) is 0 Å². The fourth-order valence-electron chi connectivity index (χ4n) is 2.04. The third-order valence-corrected chi connectivity index (χ3v) is 4.25. The van der Waals surface area contributed by atoms with E-state index in [-0.39, 0.29) is 24.3 Å². The Morgan fingerprint density at radius 1 is 1.25 bits per heavy atom. The van der Waals surface area contributed by atoms with Crippen molar-refractivity contribution in [3.63, 3.8) is 0 Å². The minimum atomic E-state index is -0.140. The molecule has 20 heavy (non-hydrogen) atoms. The van der Waals surface area contributed by atoms with Crippen molar-refractivity contribution in [3.8, 4) is 5.75 Å². The van der Waals surface area contributed by atoms with E-state index >= 15 is 0 Å². The molecule has 0 amide bonds. The number of halogens is 1. The van der Waals surface area contributed by atoms with Crippen LogP contribution in [0.15, 0.2) is 35.3 Å². The lowest BCUT2D eigenvalue weighted by atomic mass is 10.0. The number of benzene rings is 2. The summed E-state index contributed by atoms with van der Waals surface area (Å²) >= 11 is 2.26. The molecule has 106 valence electrons. The van der Waals surface area contributed by atoms with Crippen LogP contribution in [0.5, 0.6) is 5.75 Å². The summed E-state index contributed by atoms with van der Waals surface area (Å²) in [5, 5.41) is 21.5. The van der Waals surface area contributed by atoms with Crippen molar-refractivity contribution in [3.05, 3.63) is 39.5 Å².